The molecular weight excluding hydrogens is 352 g/mol. The molecule has 2 aliphatic rings. The Morgan fingerprint density at radius 3 is 2.54 bits per heavy atom. The lowest BCUT2D eigenvalue weighted by molar-refractivity contribution is -0.128. The molecule has 0 spiro atoms. The summed E-state index contributed by atoms with van der Waals surface area (Å²) in [5.74, 6) is 0.386. The molecule has 1 fully saturated rings. The van der Waals surface area contributed by atoms with E-state index in [9.17, 15) is 9.59 Å². The minimum absolute atomic E-state index is 0.0904. The molecule has 2 amide bonds. The number of likely N-dealkylation sites (tertiary alicyclic amines) is 1. The molecule has 1 N–H and O–H groups in total. The number of amides is 2. The molecule has 2 heterocycles. The highest BCUT2D eigenvalue weighted by atomic mass is 16.2. The fourth-order valence-corrected chi connectivity index (χ4v) is 4.89. The standard InChI is InChI=1S/C22H22N4O2/c1-13(27)26-11-17-14-7-3-4-8-15(14)20(18(17)12-26)23-22(28)21-16-9-5-6-10-19(16)25(2)24-21/h3-10,17-18,20H,11-12H2,1-2H3,(H,23,28)/t17-,18-,20+/m0/s1. The molecule has 142 valence electrons. The van der Waals surface area contributed by atoms with Crippen LogP contribution in [0.25, 0.3) is 10.9 Å². The van der Waals surface area contributed by atoms with Crippen LogP contribution < -0.4 is 5.32 Å². The van der Waals surface area contributed by atoms with Gasteiger partial charge >= 0.3 is 0 Å². The zero-order chi connectivity index (χ0) is 19.4. The van der Waals surface area contributed by atoms with E-state index in [2.05, 4.69) is 22.5 Å². The fraction of sp³-hybridized carbons (Fsp3) is 0.318. The Morgan fingerprint density at radius 1 is 1.04 bits per heavy atom. The van der Waals surface area contributed by atoms with Gasteiger partial charge < -0.3 is 10.2 Å². The van der Waals surface area contributed by atoms with Gasteiger partial charge in [0.1, 0.15) is 0 Å². The number of fused-ring (bicyclic) bond motifs is 4. The second-order valence-corrected chi connectivity index (χ2v) is 7.76. The fourth-order valence-electron chi connectivity index (χ4n) is 4.89. The Labute approximate surface area is 163 Å². The maximum absolute atomic E-state index is 13.2. The maximum atomic E-state index is 13.2. The number of hydrogen-bond donors (Lipinski definition) is 1. The highest BCUT2D eigenvalue weighted by Crippen LogP contribution is 2.49. The maximum Gasteiger partial charge on any atom is 0.272 e. The summed E-state index contributed by atoms with van der Waals surface area (Å²) in [5.41, 5.74) is 3.78. The number of aromatic nitrogens is 2. The molecule has 2 aromatic carbocycles. The van der Waals surface area contributed by atoms with E-state index in [-0.39, 0.29) is 29.7 Å². The van der Waals surface area contributed by atoms with E-state index in [0.29, 0.717) is 12.2 Å². The van der Waals surface area contributed by atoms with Crippen molar-refractivity contribution in [2.45, 2.75) is 18.9 Å². The first-order valence-corrected chi connectivity index (χ1v) is 9.61. The molecule has 28 heavy (non-hydrogen) atoms. The second kappa shape index (κ2) is 6.19. The van der Waals surface area contributed by atoms with Crippen molar-refractivity contribution in [2.24, 2.45) is 13.0 Å². The van der Waals surface area contributed by atoms with Gasteiger partial charge in [-0.25, -0.2) is 0 Å². The van der Waals surface area contributed by atoms with Gasteiger partial charge in [-0.1, -0.05) is 42.5 Å². The summed E-state index contributed by atoms with van der Waals surface area (Å²) >= 11 is 0. The zero-order valence-corrected chi connectivity index (χ0v) is 15.9. The number of carbonyl (C=O) groups excluding carboxylic acids is 2. The highest BCUT2D eigenvalue weighted by molar-refractivity contribution is 6.05. The van der Waals surface area contributed by atoms with Gasteiger partial charge in [0.25, 0.3) is 5.91 Å². The first-order valence-electron chi connectivity index (χ1n) is 9.61. The number of benzene rings is 2. The quantitative estimate of drug-likeness (QED) is 0.750. The van der Waals surface area contributed by atoms with Gasteiger partial charge in [0, 0.05) is 44.3 Å². The van der Waals surface area contributed by atoms with Gasteiger partial charge in [-0.2, -0.15) is 5.10 Å². The third-order valence-corrected chi connectivity index (χ3v) is 6.23. The van der Waals surface area contributed by atoms with Gasteiger partial charge in [0.2, 0.25) is 5.91 Å². The molecule has 1 aromatic heterocycles. The zero-order valence-electron chi connectivity index (χ0n) is 15.9. The monoisotopic (exact) mass is 374 g/mol. The molecular formula is C22H22N4O2. The van der Waals surface area contributed by atoms with Crippen LogP contribution in [0.5, 0.6) is 0 Å². The Kier molecular flexibility index (Phi) is 3.75. The van der Waals surface area contributed by atoms with E-state index in [1.165, 1.54) is 5.56 Å². The topological polar surface area (TPSA) is 67.2 Å². The molecule has 0 unspecified atom stereocenters. The van der Waals surface area contributed by atoms with E-state index in [1.54, 1.807) is 11.6 Å². The van der Waals surface area contributed by atoms with Crippen LogP contribution >= 0.6 is 0 Å². The largest absolute Gasteiger partial charge is 0.343 e. The molecule has 1 aliphatic heterocycles. The first-order chi connectivity index (χ1) is 13.5. The van der Waals surface area contributed by atoms with Crippen LogP contribution in [0.15, 0.2) is 48.5 Å². The van der Waals surface area contributed by atoms with Crippen LogP contribution in [-0.4, -0.2) is 39.6 Å². The van der Waals surface area contributed by atoms with Gasteiger partial charge in [0.15, 0.2) is 5.69 Å². The van der Waals surface area contributed by atoms with Crippen molar-refractivity contribution >= 4 is 22.7 Å². The predicted octanol–water partition coefficient (Wildman–Crippen LogP) is 2.62. The number of hydrogen-bond acceptors (Lipinski definition) is 3. The van der Waals surface area contributed by atoms with Crippen LogP contribution in [0, 0.1) is 5.92 Å². The summed E-state index contributed by atoms with van der Waals surface area (Å²) in [6.07, 6.45) is 0. The SMILES string of the molecule is CC(=O)N1C[C@@H]2[C@H](NC(=O)c3nn(C)c4ccccc34)c3ccccc3[C@@H]2C1. The Bertz CT molecular complexity index is 1100. The number of nitrogens with one attached hydrogen (secondary N) is 1. The minimum atomic E-state index is -0.168. The third kappa shape index (κ3) is 2.44. The number of para-hydroxylation sites is 1. The lowest BCUT2D eigenvalue weighted by Gasteiger charge is -2.22. The van der Waals surface area contributed by atoms with E-state index in [4.69, 9.17) is 0 Å². The lowest BCUT2D eigenvalue weighted by Crippen LogP contribution is -2.34. The van der Waals surface area contributed by atoms with Crippen molar-refractivity contribution < 1.29 is 9.59 Å². The van der Waals surface area contributed by atoms with Crippen molar-refractivity contribution in [3.63, 3.8) is 0 Å². The van der Waals surface area contributed by atoms with Crippen molar-refractivity contribution in [3.05, 3.63) is 65.4 Å². The molecule has 1 saturated heterocycles. The summed E-state index contributed by atoms with van der Waals surface area (Å²) < 4.78 is 1.74. The third-order valence-electron chi connectivity index (χ3n) is 6.23. The molecule has 0 bridgehead atoms. The van der Waals surface area contributed by atoms with Crippen LogP contribution in [-0.2, 0) is 11.8 Å². The summed E-state index contributed by atoms with van der Waals surface area (Å²) in [5, 5.41) is 8.54. The van der Waals surface area contributed by atoms with E-state index in [1.807, 2.05) is 48.3 Å². The first kappa shape index (κ1) is 17.0. The van der Waals surface area contributed by atoms with Gasteiger partial charge in [-0.05, 0) is 17.2 Å². The number of carbonyl (C=O) groups is 2. The van der Waals surface area contributed by atoms with E-state index < -0.39 is 0 Å². The summed E-state index contributed by atoms with van der Waals surface area (Å²) in [4.78, 5) is 27.0. The van der Waals surface area contributed by atoms with Crippen molar-refractivity contribution in [1.29, 1.82) is 0 Å². The minimum Gasteiger partial charge on any atom is -0.343 e. The Balaban J connectivity index is 1.50. The smallest absolute Gasteiger partial charge is 0.272 e. The summed E-state index contributed by atoms with van der Waals surface area (Å²) in [6, 6.07) is 15.9. The second-order valence-electron chi connectivity index (χ2n) is 7.76. The Hall–Kier alpha value is -3.15. The molecule has 6 heteroatoms. The normalized spacial score (nSPS) is 22.9. The van der Waals surface area contributed by atoms with Crippen LogP contribution in [0.4, 0.5) is 0 Å². The molecule has 3 aromatic rings. The van der Waals surface area contributed by atoms with Crippen molar-refractivity contribution in [3.8, 4) is 0 Å². The predicted molar refractivity (Wildman–Crippen MR) is 106 cm³/mol. The Morgan fingerprint density at radius 2 is 1.75 bits per heavy atom. The molecule has 0 saturated carbocycles. The number of nitrogens with zero attached hydrogens (tertiary/aromatic N) is 3. The highest BCUT2D eigenvalue weighted by Gasteiger charge is 2.47. The van der Waals surface area contributed by atoms with Gasteiger partial charge in [0.05, 0.1) is 11.6 Å². The summed E-state index contributed by atoms with van der Waals surface area (Å²) in [6.45, 7) is 3.00. The molecule has 0 radical (unpaired) electrons. The summed E-state index contributed by atoms with van der Waals surface area (Å²) in [7, 11) is 1.85. The molecule has 1 aliphatic carbocycles. The van der Waals surface area contributed by atoms with Gasteiger partial charge in [-0.15, -0.1) is 0 Å². The van der Waals surface area contributed by atoms with Crippen LogP contribution in [0.1, 0.15) is 40.5 Å². The van der Waals surface area contributed by atoms with Crippen molar-refractivity contribution in [2.75, 3.05) is 13.1 Å². The number of aryl methyl sites for hydroxylation is 1. The average Bonchev–Trinajstić information content (AvgIpc) is 3.35. The van der Waals surface area contributed by atoms with Crippen LogP contribution in [0.3, 0.4) is 0 Å². The number of rotatable bonds is 2. The van der Waals surface area contributed by atoms with Crippen molar-refractivity contribution in [1.82, 2.24) is 20.0 Å². The lowest BCUT2D eigenvalue weighted by atomic mass is 9.94. The van der Waals surface area contributed by atoms with Crippen LogP contribution in [0.2, 0.25) is 0 Å². The molecule has 5 rings (SSSR count). The van der Waals surface area contributed by atoms with E-state index in [0.717, 1.165) is 23.0 Å². The average molecular weight is 374 g/mol. The molecule has 3 atom stereocenters. The molecule has 6 nitrogen and oxygen atoms in total. The van der Waals surface area contributed by atoms with E-state index >= 15 is 0 Å². The van der Waals surface area contributed by atoms with Gasteiger partial charge in [-0.3, -0.25) is 14.3 Å².